The molecule has 3 rings (SSSR count). The summed E-state index contributed by atoms with van der Waals surface area (Å²) in [6, 6.07) is 0. The Morgan fingerprint density at radius 2 is 1.65 bits per heavy atom. The monoisotopic (exact) mass is 550 g/mol. The van der Waals surface area contributed by atoms with E-state index in [0.29, 0.717) is 0 Å². The first-order valence-corrected chi connectivity index (χ1v) is 11.2. The van der Waals surface area contributed by atoms with Gasteiger partial charge in [-0.1, -0.05) is 0 Å². The molecule has 2 N–H and O–H groups in total. The molecule has 0 amide bonds. The predicted molar refractivity (Wildman–Crippen MR) is 117 cm³/mol. The largest absolute Gasteiger partial charge is 0.490 e. The van der Waals surface area contributed by atoms with Crippen molar-refractivity contribution in [2.24, 2.45) is 12.5 Å². The molecule has 0 bridgehead atoms. The first-order chi connectivity index (χ1) is 17.1. The molecule has 0 radical (unpaired) electrons. The average Bonchev–Trinajstić information content (AvgIpc) is 3.08. The Bertz CT molecular complexity index is 826. The average molecular weight is 550 g/mol. The third kappa shape index (κ3) is 12.6. The van der Waals surface area contributed by atoms with Gasteiger partial charge < -0.3 is 19.7 Å². The summed E-state index contributed by atoms with van der Waals surface area (Å²) >= 11 is 0. The van der Waals surface area contributed by atoms with Crippen molar-refractivity contribution in [2.45, 2.75) is 31.7 Å². The maximum absolute atomic E-state index is 10.6. The van der Waals surface area contributed by atoms with Crippen LogP contribution in [0.1, 0.15) is 18.4 Å². The highest BCUT2D eigenvalue weighted by Gasteiger charge is 2.40. The van der Waals surface area contributed by atoms with Crippen molar-refractivity contribution in [3.05, 3.63) is 18.0 Å². The Balaban J connectivity index is 0.000000404. The lowest BCUT2D eigenvalue weighted by atomic mass is 9.80. The van der Waals surface area contributed by atoms with Crippen LogP contribution in [0, 0.1) is 5.41 Å². The second-order valence-electron chi connectivity index (χ2n) is 8.76. The van der Waals surface area contributed by atoms with Gasteiger partial charge in [0.05, 0.1) is 26.0 Å². The van der Waals surface area contributed by atoms with Gasteiger partial charge >= 0.3 is 24.3 Å². The van der Waals surface area contributed by atoms with Crippen LogP contribution in [-0.4, -0.2) is 114 Å². The minimum Gasteiger partial charge on any atom is -0.475 e. The highest BCUT2D eigenvalue weighted by Crippen LogP contribution is 2.33. The third-order valence-corrected chi connectivity index (χ3v) is 5.52. The van der Waals surface area contributed by atoms with Gasteiger partial charge in [-0.05, 0) is 19.4 Å². The summed E-state index contributed by atoms with van der Waals surface area (Å²) < 4.78 is 76.6. The van der Waals surface area contributed by atoms with Crippen molar-refractivity contribution in [1.29, 1.82) is 0 Å². The fraction of sp³-hybridized carbons (Fsp3) is 0.762. The van der Waals surface area contributed by atoms with Crippen LogP contribution >= 0.6 is 0 Å². The fourth-order valence-electron chi connectivity index (χ4n) is 4.00. The van der Waals surface area contributed by atoms with Gasteiger partial charge in [-0.25, -0.2) is 9.59 Å². The van der Waals surface area contributed by atoms with Crippen molar-refractivity contribution in [2.75, 3.05) is 59.7 Å². The second-order valence-corrected chi connectivity index (χ2v) is 8.76. The molecule has 0 aliphatic carbocycles. The topological polar surface area (TPSA) is 117 Å². The molecule has 2 saturated heterocycles. The zero-order valence-corrected chi connectivity index (χ0v) is 20.5. The maximum Gasteiger partial charge on any atom is 0.490 e. The van der Waals surface area contributed by atoms with E-state index < -0.39 is 24.3 Å². The summed E-state index contributed by atoms with van der Waals surface area (Å²) in [5, 5.41) is 18.5. The summed E-state index contributed by atoms with van der Waals surface area (Å²) in [6.07, 6.45) is -3.55. The molecular formula is C21H32F6N4O6. The van der Waals surface area contributed by atoms with Gasteiger partial charge in [0.1, 0.15) is 0 Å². The Labute approximate surface area is 209 Å². The number of piperidine rings is 1. The Hall–Kier alpha value is -2.43. The molecule has 214 valence electrons. The summed E-state index contributed by atoms with van der Waals surface area (Å²) in [5.74, 6) is -5.51. The summed E-state index contributed by atoms with van der Waals surface area (Å²) in [7, 11) is 3.76. The standard InChI is InChI=1S/C17H30N4O2.2C2HF3O2/c1-19-11-16(10-18-19)12-21-5-3-4-17(14-21)13-20(6-8-22-2)7-9-23-15-17;2*3-2(4,5)1(6)7/h10-11H,3-9,12-15H2,1-2H3;2*(H,6,7). The van der Waals surface area contributed by atoms with Crippen molar-refractivity contribution in [3.8, 4) is 0 Å². The van der Waals surface area contributed by atoms with Crippen molar-refractivity contribution < 1.29 is 55.6 Å². The minimum absolute atomic E-state index is 0.269. The molecule has 1 atom stereocenters. The fourth-order valence-corrected chi connectivity index (χ4v) is 4.00. The molecule has 16 heteroatoms. The van der Waals surface area contributed by atoms with Crippen LogP contribution in [0.5, 0.6) is 0 Å². The molecule has 10 nitrogen and oxygen atoms in total. The number of ether oxygens (including phenoxy) is 2. The van der Waals surface area contributed by atoms with E-state index in [2.05, 4.69) is 21.1 Å². The number of alkyl halides is 6. The highest BCUT2D eigenvalue weighted by atomic mass is 19.4. The molecule has 2 aliphatic heterocycles. The van der Waals surface area contributed by atoms with Crippen LogP contribution in [0.4, 0.5) is 26.3 Å². The van der Waals surface area contributed by atoms with E-state index in [4.69, 9.17) is 29.3 Å². The predicted octanol–water partition coefficient (Wildman–Crippen LogP) is 2.25. The lowest BCUT2D eigenvalue weighted by molar-refractivity contribution is -0.193. The first-order valence-electron chi connectivity index (χ1n) is 11.2. The third-order valence-electron chi connectivity index (χ3n) is 5.52. The minimum atomic E-state index is -5.08. The molecule has 1 unspecified atom stereocenters. The number of halogens is 6. The smallest absolute Gasteiger partial charge is 0.475 e. The van der Waals surface area contributed by atoms with Crippen molar-refractivity contribution >= 4 is 11.9 Å². The maximum atomic E-state index is 10.6. The van der Waals surface area contributed by atoms with Crippen molar-refractivity contribution in [1.82, 2.24) is 19.6 Å². The zero-order chi connectivity index (χ0) is 28.3. The number of aliphatic carboxylic acids is 2. The normalized spacial score (nSPS) is 21.3. The van der Waals surface area contributed by atoms with E-state index in [-0.39, 0.29) is 5.41 Å². The number of rotatable bonds is 5. The molecule has 0 saturated carbocycles. The number of likely N-dealkylation sites (tertiary alicyclic amines) is 1. The van der Waals surface area contributed by atoms with Gasteiger partial charge in [-0.2, -0.15) is 31.4 Å². The lowest BCUT2D eigenvalue weighted by Gasteiger charge is -2.43. The number of methoxy groups -OCH3 is 1. The Morgan fingerprint density at radius 3 is 2.14 bits per heavy atom. The number of aromatic nitrogens is 2. The summed E-state index contributed by atoms with van der Waals surface area (Å²) in [5.41, 5.74) is 1.57. The van der Waals surface area contributed by atoms with Gasteiger partial charge in [0, 0.05) is 64.1 Å². The van der Waals surface area contributed by atoms with Gasteiger partial charge in [-0.3, -0.25) is 14.5 Å². The Kier molecular flexibility index (Phi) is 12.8. The number of nitrogens with zero attached hydrogens (tertiary/aromatic N) is 4. The SMILES string of the molecule is COCCN1CCOCC2(CCCN(Cc3cnn(C)c3)C2)C1.O=C(O)C(F)(F)F.O=C(O)C(F)(F)F. The first kappa shape index (κ1) is 32.6. The number of hydrogen-bond donors (Lipinski definition) is 2. The summed E-state index contributed by atoms with van der Waals surface area (Å²) in [4.78, 5) is 22.9. The number of hydrogen-bond acceptors (Lipinski definition) is 7. The van der Waals surface area contributed by atoms with E-state index in [0.717, 1.165) is 52.5 Å². The van der Waals surface area contributed by atoms with Gasteiger partial charge in [0.25, 0.3) is 0 Å². The second kappa shape index (κ2) is 14.5. The molecule has 1 aromatic heterocycles. The Morgan fingerprint density at radius 1 is 1.08 bits per heavy atom. The van der Waals surface area contributed by atoms with E-state index in [1.54, 1.807) is 7.11 Å². The number of aryl methyl sites for hydroxylation is 1. The van der Waals surface area contributed by atoms with Crippen LogP contribution in [0.15, 0.2) is 12.4 Å². The van der Waals surface area contributed by atoms with Gasteiger partial charge in [0.2, 0.25) is 0 Å². The number of carboxylic acids is 2. The molecule has 3 heterocycles. The van der Waals surface area contributed by atoms with Crippen molar-refractivity contribution in [3.63, 3.8) is 0 Å². The van der Waals surface area contributed by atoms with E-state index in [1.807, 2.05) is 17.9 Å². The molecule has 1 spiro atoms. The van der Waals surface area contributed by atoms with Crippen LogP contribution in [-0.2, 0) is 32.7 Å². The zero-order valence-electron chi connectivity index (χ0n) is 20.5. The molecule has 1 aromatic rings. The summed E-state index contributed by atoms with van der Waals surface area (Å²) in [6.45, 7) is 8.97. The van der Waals surface area contributed by atoms with E-state index in [9.17, 15) is 26.3 Å². The number of carboxylic acid groups (broad SMARTS) is 2. The highest BCUT2D eigenvalue weighted by molar-refractivity contribution is 5.73. The van der Waals surface area contributed by atoms with Gasteiger partial charge in [0.15, 0.2) is 0 Å². The number of carbonyl (C=O) groups is 2. The van der Waals surface area contributed by atoms with E-state index >= 15 is 0 Å². The lowest BCUT2D eigenvalue weighted by Crippen LogP contribution is -2.50. The molecular weight excluding hydrogens is 518 g/mol. The van der Waals surface area contributed by atoms with Crippen LogP contribution < -0.4 is 0 Å². The molecule has 2 aliphatic rings. The van der Waals surface area contributed by atoms with Crippen LogP contribution in [0.2, 0.25) is 0 Å². The van der Waals surface area contributed by atoms with Gasteiger partial charge in [-0.15, -0.1) is 0 Å². The molecule has 0 aromatic carbocycles. The molecule has 2 fully saturated rings. The molecule has 37 heavy (non-hydrogen) atoms. The van der Waals surface area contributed by atoms with Crippen LogP contribution in [0.3, 0.4) is 0 Å². The van der Waals surface area contributed by atoms with E-state index in [1.165, 1.54) is 24.9 Å². The quantitative estimate of drug-likeness (QED) is 0.533. The van der Waals surface area contributed by atoms with Crippen LogP contribution in [0.25, 0.3) is 0 Å².